The van der Waals surface area contributed by atoms with Crippen molar-refractivity contribution in [2.24, 2.45) is 0 Å². The zero-order valence-electron chi connectivity index (χ0n) is 8.28. The summed E-state index contributed by atoms with van der Waals surface area (Å²) in [6, 6.07) is 5.62. The molecule has 0 saturated carbocycles. The molecule has 0 aliphatic rings. The van der Waals surface area contributed by atoms with Gasteiger partial charge >= 0.3 is 34.8 Å². The van der Waals surface area contributed by atoms with Crippen LogP contribution in [0.3, 0.4) is 0 Å². The molecule has 1 aromatic rings. The average Bonchev–Trinajstić information content (AvgIpc) is 2.06. The number of hydrogen-bond donors (Lipinski definition) is 0. The van der Waals surface area contributed by atoms with Gasteiger partial charge in [-0.3, -0.25) is 0 Å². The van der Waals surface area contributed by atoms with E-state index in [9.17, 15) is 21.8 Å². The fourth-order valence-electron chi connectivity index (χ4n) is 0.928. The Hall–Kier alpha value is 0.470. The zero-order valence-corrected chi connectivity index (χ0v) is 12.7. The first-order valence-electron chi connectivity index (χ1n) is 3.80. The van der Waals surface area contributed by atoms with Crippen molar-refractivity contribution in [3.05, 3.63) is 34.3 Å². The van der Waals surface area contributed by atoms with Crippen LogP contribution >= 0.6 is 15.9 Å². The van der Waals surface area contributed by atoms with Crippen LogP contribution in [-0.4, -0.2) is 18.2 Å². The van der Waals surface area contributed by atoms with Crippen LogP contribution in [0.25, 0.3) is 0 Å². The Morgan fingerprint density at radius 1 is 1.25 bits per heavy atom. The second kappa shape index (κ2) is 5.88. The molecule has 1 rings (SSSR count). The second-order valence-corrected chi connectivity index (χ2v) is 5.32. The first-order valence-corrected chi connectivity index (χ1v) is 6.00. The van der Waals surface area contributed by atoms with Gasteiger partial charge in [0.15, 0.2) is 10.1 Å². The summed E-state index contributed by atoms with van der Waals surface area (Å²) < 4.78 is 56.9. The van der Waals surface area contributed by atoms with E-state index in [1.165, 1.54) is 24.3 Å². The summed E-state index contributed by atoms with van der Waals surface area (Å²) >= 11 is 3.10. The molecular formula is C8H6BrF2NaO3S. The monoisotopic (exact) mass is 322 g/mol. The molecule has 0 aliphatic heterocycles. The van der Waals surface area contributed by atoms with E-state index < -0.39 is 21.8 Å². The Kier molecular flexibility index (Phi) is 6.05. The van der Waals surface area contributed by atoms with Crippen molar-refractivity contribution in [3.8, 4) is 0 Å². The van der Waals surface area contributed by atoms with Crippen molar-refractivity contribution in [2.45, 2.75) is 11.7 Å². The quantitative estimate of drug-likeness (QED) is 0.537. The standard InChI is InChI=1S/C8H7BrF2O3S.Na/c9-7-3-1-6(2-4-7)5-8(10,11)15(12,13)14;/h1-4H,5H2,(H,12,13,14);/q;+1/p-1. The maximum absolute atomic E-state index is 12.8. The third kappa shape index (κ3) is 4.38. The first kappa shape index (κ1) is 16.5. The van der Waals surface area contributed by atoms with E-state index in [1.54, 1.807) is 0 Å². The fourth-order valence-corrected chi connectivity index (χ4v) is 1.54. The number of hydrogen-bond acceptors (Lipinski definition) is 3. The van der Waals surface area contributed by atoms with Gasteiger partial charge in [0.25, 0.3) is 0 Å². The Morgan fingerprint density at radius 2 is 1.69 bits per heavy atom. The Balaban J connectivity index is 0.00000225. The summed E-state index contributed by atoms with van der Waals surface area (Å²) in [5.41, 5.74) is 0.0858. The molecule has 0 aromatic heterocycles. The van der Waals surface area contributed by atoms with Crippen LogP contribution in [0.1, 0.15) is 5.56 Å². The van der Waals surface area contributed by atoms with Gasteiger partial charge in [0, 0.05) is 4.47 Å². The topological polar surface area (TPSA) is 57.2 Å². The summed E-state index contributed by atoms with van der Waals surface area (Å²) in [6.45, 7) is 0. The van der Waals surface area contributed by atoms with Crippen molar-refractivity contribution >= 4 is 26.0 Å². The molecule has 84 valence electrons. The maximum Gasteiger partial charge on any atom is 1.00 e. The van der Waals surface area contributed by atoms with Crippen molar-refractivity contribution in [2.75, 3.05) is 0 Å². The molecule has 16 heavy (non-hydrogen) atoms. The largest absolute Gasteiger partial charge is 1.00 e. The third-order valence-corrected chi connectivity index (χ3v) is 3.09. The van der Waals surface area contributed by atoms with Gasteiger partial charge in [-0.15, -0.1) is 0 Å². The van der Waals surface area contributed by atoms with Crippen LogP contribution in [0.2, 0.25) is 0 Å². The van der Waals surface area contributed by atoms with Gasteiger partial charge in [0.05, 0.1) is 6.42 Å². The van der Waals surface area contributed by atoms with Gasteiger partial charge < -0.3 is 4.55 Å². The van der Waals surface area contributed by atoms with Crippen LogP contribution in [-0.2, 0) is 16.5 Å². The summed E-state index contributed by atoms with van der Waals surface area (Å²) in [5, 5.41) is -4.26. The molecule has 0 heterocycles. The van der Waals surface area contributed by atoms with E-state index in [0.29, 0.717) is 4.47 Å². The van der Waals surface area contributed by atoms with Gasteiger partial charge in [-0.05, 0) is 17.7 Å². The summed E-state index contributed by atoms with van der Waals surface area (Å²) in [7, 11) is -5.61. The van der Waals surface area contributed by atoms with Gasteiger partial charge in [-0.25, -0.2) is 8.42 Å². The molecule has 0 spiro atoms. The molecular weight excluding hydrogens is 317 g/mol. The molecule has 0 unspecified atom stereocenters. The molecule has 8 heteroatoms. The molecule has 0 atom stereocenters. The average molecular weight is 323 g/mol. The van der Waals surface area contributed by atoms with Crippen molar-refractivity contribution in [3.63, 3.8) is 0 Å². The maximum atomic E-state index is 12.8. The predicted molar refractivity (Wildman–Crippen MR) is 52.5 cm³/mol. The molecule has 3 nitrogen and oxygen atoms in total. The summed E-state index contributed by atoms with van der Waals surface area (Å²) in [5.74, 6) is 0. The molecule has 0 amide bonds. The summed E-state index contributed by atoms with van der Waals surface area (Å²) in [4.78, 5) is 0. The van der Waals surface area contributed by atoms with Gasteiger partial charge in [-0.2, -0.15) is 8.78 Å². The molecule has 0 N–H and O–H groups in total. The predicted octanol–water partition coefficient (Wildman–Crippen LogP) is -0.866. The number of benzene rings is 1. The van der Waals surface area contributed by atoms with Crippen LogP contribution in [0.15, 0.2) is 28.7 Å². The second-order valence-electron chi connectivity index (χ2n) is 2.89. The van der Waals surface area contributed by atoms with E-state index >= 15 is 0 Å². The van der Waals surface area contributed by atoms with E-state index in [2.05, 4.69) is 15.9 Å². The van der Waals surface area contributed by atoms with E-state index in [4.69, 9.17) is 0 Å². The number of rotatable bonds is 3. The molecule has 1 aromatic carbocycles. The van der Waals surface area contributed by atoms with Crippen molar-refractivity contribution in [1.29, 1.82) is 0 Å². The smallest absolute Gasteiger partial charge is 0.743 e. The van der Waals surface area contributed by atoms with Crippen molar-refractivity contribution < 1.29 is 51.3 Å². The summed E-state index contributed by atoms with van der Waals surface area (Å²) in [6.07, 6.45) is -1.11. The van der Waals surface area contributed by atoms with Gasteiger partial charge in [0.1, 0.15) is 0 Å². The van der Waals surface area contributed by atoms with E-state index in [-0.39, 0.29) is 35.1 Å². The minimum atomic E-state index is -5.61. The third-order valence-electron chi connectivity index (χ3n) is 1.69. The Morgan fingerprint density at radius 3 is 2.06 bits per heavy atom. The molecule has 0 saturated heterocycles. The Bertz CT molecular complexity index is 447. The van der Waals surface area contributed by atoms with Crippen LogP contribution < -0.4 is 29.6 Å². The normalized spacial score (nSPS) is 12.0. The van der Waals surface area contributed by atoms with E-state index in [0.717, 1.165) is 0 Å². The Labute approximate surface area is 122 Å². The SMILES string of the molecule is O=S(=O)([O-])C(F)(F)Cc1ccc(Br)cc1.[Na+]. The molecule has 0 fully saturated rings. The fraction of sp³-hybridized carbons (Fsp3) is 0.250. The number of alkyl halides is 2. The minimum absolute atomic E-state index is 0. The molecule has 0 bridgehead atoms. The van der Waals surface area contributed by atoms with E-state index in [1.807, 2.05) is 0 Å². The molecule has 0 aliphatic carbocycles. The number of halogens is 3. The van der Waals surface area contributed by atoms with Crippen LogP contribution in [0.4, 0.5) is 8.78 Å². The van der Waals surface area contributed by atoms with Gasteiger partial charge in [-0.1, -0.05) is 28.1 Å². The van der Waals surface area contributed by atoms with Gasteiger partial charge in [0.2, 0.25) is 0 Å². The first-order chi connectivity index (χ1) is 6.72. The van der Waals surface area contributed by atoms with Crippen molar-refractivity contribution in [1.82, 2.24) is 0 Å². The van der Waals surface area contributed by atoms with Crippen LogP contribution in [0, 0.1) is 0 Å². The zero-order chi connectivity index (χ0) is 11.7. The minimum Gasteiger partial charge on any atom is -0.743 e. The van der Waals surface area contributed by atoms with Crippen LogP contribution in [0.5, 0.6) is 0 Å². The molecule has 0 radical (unpaired) electrons.